The van der Waals surface area contributed by atoms with Gasteiger partial charge >= 0.3 is 0 Å². The Morgan fingerprint density at radius 3 is 2.83 bits per heavy atom. The second kappa shape index (κ2) is 4.84. The van der Waals surface area contributed by atoms with Crippen LogP contribution in [-0.4, -0.2) is 24.9 Å². The van der Waals surface area contributed by atoms with E-state index in [1.54, 1.807) is 7.11 Å². The molecule has 3 rings (SSSR count). The molecule has 18 heavy (non-hydrogen) atoms. The molecule has 0 saturated carbocycles. The first-order valence-electron chi connectivity index (χ1n) is 5.92. The van der Waals surface area contributed by atoms with Crippen molar-refractivity contribution in [2.45, 2.75) is 6.29 Å². The second-order valence-electron chi connectivity index (χ2n) is 4.13. The topological polar surface area (TPSA) is 32.6 Å². The van der Waals surface area contributed by atoms with E-state index in [0.29, 0.717) is 13.2 Å². The lowest BCUT2D eigenvalue weighted by Gasteiger charge is -2.07. The lowest BCUT2D eigenvalue weighted by Crippen LogP contribution is -1.96. The highest BCUT2D eigenvalue weighted by Gasteiger charge is 2.19. The SMILES string of the molecule is COc1cccc(-n2ccc(C3OCCO3)c2)c1. The van der Waals surface area contributed by atoms with E-state index in [1.165, 1.54) is 0 Å². The van der Waals surface area contributed by atoms with Crippen LogP contribution in [0.4, 0.5) is 0 Å². The van der Waals surface area contributed by atoms with Crippen molar-refractivity contribution in [3.05, 3.63) is 48.3 Å². The molecule has 1 fully saturated rings. The van der Waals surface area contributed by atoms with Crippen molar-refractivity contribution in [2.24, 2.45) is 0 Å². The van der Waals surface area contributed by atoms with E-state index in [9.17, 15) is 0 Å². The average Bonchev–Trinajstić information content (AvgIpc) is 3.09. The van der Waals surface area contributed by atoms with Gasteiger partial charge in [-0.05, 0) is 18.2 Å². The molecule has 0 bridgehead atoms. The van der Waals surface area contributed by atoms with Crippen molar-refractivity contribution in [1.82, 2.24) is 4.57 Å². The molecule has 0 unspecified atom stereocenters. The van der Waals surface area contributed by atoms with Crippen LogP contribution < -0.4 is 4.74 Å². The Kier molecular flexibility index (Phi) is 3.04. The quantitative estimate of drug-likeness (QED) is 0.833. The van der Waals surface area contributed by atoms with Crippen LogP contribution in [0.15, 0.2) is 42.7 Å². The van der Waals surface area contributed by atoms with E-state index >= 15 is 0 Å². The summed E-state index contributed by atoms with van der Waals surface area (Å²) >= 11 is 0. The molecule has 0 amide bonds. The van der Waals surface area contributed by atoms with Crippen molar-refractivity contribution in [3.63, 3.8) is 0 Å². The van der Waals surface area contributed by atoms with Crippen molar-refractivity contribution in [3.8, 4) is 11.4 Å². The molecule has 1 aliphatic rings. The molecule has 1 aromatic heterocycles. The number of hydrogen-bond acceptors (Lipinski definition) is 3. The van der Waals surface area contributed by atoms with E-state index in [1.807, 2.05) is 47.3 Å². The molecule has 2 aromatic rings. The summed E-state index contributed by atoms with van der Waals surface area (Å²) in [5.74, 6) is 0.844. The van der Waals surface area contributed by atoms with Gasteiger partial charge in [0.15, 0.2) is 6.29 Å². The molecule has 4 heteroatoms. The number of hydrogen-bond donors (Lipinski definition) is 0. The van der Waals surface area contributed by atoms with Gasteiger partial charge in [0.25, 0.3) is 0 Å². The minimum atomic E-state index is -0.225. The summed E-state index contributed by atoms with van der Waals surface area (Å²) in [5, 5.41) is 0. The molecule has 0 aliphatic carbocycles. The minimum absolute atomic E-state index is 0.225. The maximum atomic E-state index is 5.47. The maximum absolute atomic E-state index is 5.47. The lowest BCUT2D eigenvalue weighted by atomic mass is 10.3. The van der Waals surface area contributed by atoms with Gasteiger partial charge in [-0.1, -0.05) is 6.07 Å². The number of methoxy groups -OCH3 is 1. The molecule has 1 aromatic carbocycles. The van der Waals surface area contributed by atoms with Crippen LogP contribution in [0.5, 0.6) is 5.75 Å². The predicted octanol–water partition coefficient (Wildman–Crippen LogP) is 2.53. The summed E-state index contributed by atoms with van der Waals surface area (Å²) in [6.45, 7) is 1.32. The van der Waals surface area contributed by atoms with Gasteiger partial charge in [0, 0.05) is 29.7 Å². The number of rotatable bonds is 3. The molecule has 0 spiro atoms. The van der Waals surface area contributed by atoms with Gasteiger partial charge in [0.2, 0.25) is 0 Å². The van der Waals surface area contributed by atoms with Crippen molar-refractivity contribution in [2.75, 3.05) is 20.3 Å². The number of benzene rings is 1. The van der Waals surface area contributed by atoms with E-state index in [0.717, 1.165) is 17.0 Å². The van der Waals surface area contributed by atoms with Gasteiger partial charge in [-0.2, -0.15) is 0 Å². The molecule has 1 saturated heterocycles. The smallest absolute Gasteiger partial charge is 0.185 e. The Morgan fingerprint density at radius 1 is 1.22 bits per heavy atom. The third-order valence-electron chi connectivity index (χ3n) is 2.96. The summed E-state index contributed by atoms with van der Waals surface area (Å²) in [4.78, 5) is 0. The fraction of sp³-hybridized carbons (Fsp3) is 0.286. The Balaban J connectivity index is 1.87. The third kappa shape index (κ3) is 2.12. The maximum Gasteiger partial charge on any atom is 0.185 e. The first-order chi connectivity index (χ1) is 8.86. The van der Waals surface area contributed by atoms with Crippen molar-refractivity contribution >= 4 is 0 Å². The van der Waals surface area contributed by atoms with Gasteiger partial charge in [-0.3, -0.25) is 0 Å². The Morgan fingerprint density at radius 2 is 2.06 bits per heavy atom. The average molecular weight is 245 g/mol. The summed E-state index contributed by atoms with van der Waals surface area (Å²) < 4.78 is 18.2. The highest BCUT2D eigenvalue weighted by Crippen LogP contribution is 2.25. The Bertz CT molecular complexity index is 529. The van der Waals surface area contributed by atoms with Crippen LogP contribution >= 0.6 is 0 Å². The van der Waals surface area contributed by atoms with Gasteiger partial charge in [0.1, 0.15) is 5.75 Å². The van der Waals surface area contributed by atoms with E-state index in [-0.39, 0.29) is 6.29 Å². The normalized spacial score (nSPS) is 16.1. The van der Waals surface area contributed by atoms with Gasteiger partial charge < -0.3 is 18.8 Å². The van der Waals surface area contributed by atoms with Gasteiger partial charge in [-0.15, -0.1) is 0 Å². The highest BCUT2D eigenvalue weighted by atomic mass is 16.7. The molecule has 0 atom stereocenters. The van der Waals surface area contributed by atoms with E-state index < -0.39 is 0 Å². The Labute approximate surface area is 106 Å². The molecule has 4 nitrogen and oxygen atoms in total. The van der Waals surface area contributed by atoms with Gasteiger partial charge in [0.05, 0.1) is 20.3 Å². The summed E-state index contributed by atoms with van der Waals surface area (Å²) in [6.07, 6.45) is 3.79. The number of nitrogens with zero attached hydrogens (tertiary/aromatic N) is 1. The van der Waals surface area contributed by atoms with E-state index in [4.69, 9.17) is 14.2 Å². The predicted molar refractivity (Wildman–Crippen MR) is 67.0 cm³/mol. The zero-order valence-electron chi connectivity index (χ0n) is 10.2. The van der Waals surface area contributed by atoms with Crippen LogP contribution in [0.1, 0.15) is 11.9 Å². The molecule has 2 heterocycles. The highest BCUT2D eigenvalue weighted by molar-refractivity contribution is 5.40. The third-order valence-corrected chi connectivity index (χ3v) is 2.96. The molecule has 0 N–H and O–H groups in total. The Hall–Kier alpha value is -1.78. The molecule has 1 aliphatic heterocycles. The molecular weight excluding hydrogens is 230 g/mol. The summed E-state index contributed by atoms with van der Waals surface area (Å²) in [6, 6.07) is 9.92. The van der Waals surface area contributed by atoms with Gasteiger partial charge in [-0.25, -0.2) is 0 Å². The lowest BCUT2D eigenvalue weighted by molar-refractivity contribution is -0.0440. The largest absolute Gasteiger partial charge is 0.497 e. The van der Waals surface area contributed by atoms with Crippen molar-refractivity contribution < 1.29 is 14.2 Å². The fourth-order valence-corrected chi connectivity index (χ4v) is 2.04. The molecule has 94 valence electrons. The first-order valence-corrected chi connectivity index (χ1v) is 5.92. The van der Waals surface area contributed by atoms with Crippen LogP contribution in [-0.2, 0) is 9.47 Å². The summed E-state index contributed by atoms with van der Waals surface area (Å²) in [5.41, 5.74) is 2.09. The summed E-state index contributed by atoms with van der Waals surface area (Å²) in [7, 11) is 1.67. The van der Waals surface area contributed by atoms with E-state index in [2.05, 4.69) is 0 Å². The number of ether oxygens (including phenoxy) is 3. The zero-order valence-corrected chi connectivity index (χ0v) is 10.2. The fourth-order valence-electron chi connectivity index (χ4n) is 2.04. The monoisotopic (exact) mass is 245 g/mol. The van der Waals surface area contributed by atoms with Crippen LogP contribution in [0.2, 0.25) is 0 Å². The van der Waals surface area contributed by atoms with Crippen molar-refractivity contribution in [1.29, 1.82) is 0 Å². The standard InChI is InChI=1S/C14H15NO3/c1-16-13-4-2-3-12(9-13)15-6-5-11(10-15)14-17-7-8-18-14/h2-6,9-10,14H,7-8H2,1H3. The molecule has 0 radical (unpaired) electrons. The van der Waals surface area contributed by atoms with Crippen LogP contribution in [0.3, 0.4) is 0 Å². The first kappa shape index (κ1) is 11.3. The molecular formula is C14H15NO3. The minimum Gasteiger partial charge on any atom is -0.497 e. The number of aromatic nitrogens is 1. The van der Waals surface area contributed by atoms with Crippen LogP contribution in [0, 0.1) is 0 Å². The van der Waals surface area contributed by atoms with Crippen LogP contribution in [0.25, 0.3) is 5.69 Å². The second-order valence-corrected chi connectivity index (χ2v) is 4.13. The zero-order chi connectivity index (χ0) is 12.4.